The number of aliphatic hydroxyl groups excluding tert-OH is 3. The van der Waals surface area contributed by atoms with Gasteiger partial charge in [-0.3, -0.25) is 4.90 Å². The summed E-state index contributed by atoms with van der Waals surface area (Å²) in [6, 6.07) is -0.219. The quantitative estimate of drug-likeness (QED) is 0.427. The van der Waals surface area contributed by atoms with E-state index < -0.39 is 15.6 Å². The minimum Gasteiger partial charge on any atom is -0.746 e. The molecule has 0 saturated carbocycles. The molecule has 0 bridgehead atoms. The molecule has 2 unspecified atom stereocenters. The molecule has 17 heavy (non-hydrogen) atoms. The molecule has 0 aliphatic heterocycles. The van der Waals surface area contributed by atoms with Crippen molar-refractivity contribution in [2.75, 3.05) is 26.3 Å². The number of hydrogen-bond acceptors (Lipinski definition) is 7. The average Bonchev–Trinajstić information content (AvgIpc) is 2.25. The predicted octanol–water partition coefficient (Wildman–Crippen LogP) is -1.69. The van der Waals surface area contributed by atoms with Crippen LogP contribution in [0.1, 0.15) is 19.8 Å². The molecule has 0 saturated heterocycles. The number of aliphatic hydroxyl groups is 3. The highest BCUT2D eigenvalue weighted by Gasteiger charge is 2.19. The largest absolute Gasteiger partial charge is 0.746 e. The minimum absolute atomic E-state index is 0.127. The highest BCUT2D eigenvalue weighted by Crippen LogP contribution is 2.08. The molecule has 0 radical (unpaired) electrons. The van der Waals surface area contributed by atoms with Crippen molar-refractivity contribution in [1.29, 1.82) is 0 Å². The van der Waals surface area contributed by atoms with E-state index in [1.54, 1.807) is 4.90 Å². The first-order chi connectivity index (χ1) is 7.86. The van der Waals surface area contributed by atoms with Gasteiger partial charge in [0.25, 0.3) is 0 Å². The van der Waals surface area contributed by atoms with Gasteiger partial charge >= 0.3 is 0 Å². The van der Waals surface area contributed by atoms with E-state index in [0.29, 0.717) is 6.42 Å². The van der Waals surface area contributed by atoms with E-state index in [-0.39, 0.29) is 38.8 Å². The van der Waals surface area contributed by atoms with Crippen molar-refractivity contribution in [3.63, 3.8) is 0 Å². The van der Waals surface area contributed by atoms with Crippen LogP contribution in [-0.2, 0) is 10.1 Å². The monoisotopic (exact) mass is 270 g/mol. The molecule has 8 heteroatoms. The van der Waals surface area contributed by atoms with Crippen LogP contribution in [0, 0.1) is 0 Å². The van der Waals surface area contributed by atoms with Gasteiger partial charge in [-0.15, -0.1) is 0 Å². The molecule has 0 amide bonds. The third-order valence-corrected chi connectivity index (χ3v) is 3.48. The Hall–Kier alpha value is -0.250. The molecule has 0 aromatic heterocycles. The average molecular weight is 270 g/mol. The van der Waals surface area contributed by atoms with Crippen LogP contribution in [0.25, 0.3) is 0 Å². The molecule has 104 valence electrons. The first-order valence-corrected chi connectivity index (χ1v) is 6.92. The summed E-state index contributed by atoms with van der Waals surface area (Å²) in [4.78, 5) is 1.65. The Labute approximate surface area is 101 Å². The molecule has 0 fully saturated rings. The van der Waals surface area contributed by atoms with Crippen LogP contribution >= 0.6 is 0 Å². The first-order valence-electron chi connectivity index (χ1n) is 5.45. The van der Waals surface area contributed by atoms with Crippen LogP contribution in [0.3, 0.4) is 0 Å². The second kappa shape index (κ2) is 7.96. The van der Waals surface area contributed by atoms with Gasteiger partial charge in [-0.2, -0.15) is 0 Å². The lowest BCUT2D eigenvalue weighted by Crippen LogP contribution is -2.41. The lowest BCUT2D eigenvalue weighted by molar-refractivity contribution is 0.0876. The van der Waals surface area contributed by atoms with E-state index in [9.17, 15) is 13.0 Å². The van der Waals surface area contributed by atoms with Crippen LogP contribution in [0.2, 0.25) is 0 Å². The van der Waals surface area contributed by atoms with Crippen molar-refractivity contribution in [2.24, 2.45) is 0 Å². The van der Waals surface area contributed by atoms with E-state index in [1.165, 1.54) is 0 Å². The van der Waals surface area contributed by atoms with E-state index in [0.717, 1.165) is 0 Å². The fourth-order valence-corrected chi connectivity index (χ4v) is 1.92. The normalized spacial score (nSPS) is 16.1. The second-order valence-corrected chi connectivity index (χ2v) is 5.27. The van der Waals surface area contributed by atoms with E-state index in [1.807, 2.05) is 6.92 Å². The highest BCUT2D eigenvalue weighted by atomic mass is 32.2. The van der Waals surface area contributed by atoms with Gasteiger partial charge in [-0.05, 0) is 12.8 Å². The van der Waals surface area contributed by atoms with Crippen molar-refractivity contribution in [3.05, 3.63) is 0 Å². The lowest BCUT2D eigenvalue weighted by Gasteiger charge is -2.30. The molecular weight excluding hydrogens is 250 g/mol. The molecule has 7 nitrogen and oxygen atoms in total. The van der Waals surface area contributed by atoms with Gasteiger partial charge in [0.15, 0.2) is 0 Å². The van der Waals surface area contributed by atoms with Crippen LogP contribution in [0.4, 0.5) is 0 Å². The first kappa shape index (κ1) is 16.8. The molecule has 0 aliphatic carbocycles. The summed E-state index contributed by atoms with van der Waals surface area (Å²) in [7, 11) is -4.70. The molecular formula is C9H20NO6S-. The summed E-state index contributed by atoms with van der Waals surface area (Å²) in [5, 5.41) is 27.0. The molecule has 0 aromatic rings. The maximum absolute atomic E-state index is 10.5. The van der Waals surface area contributed by atoms with Crippen molar-refractivity contribution in [1.82, 2.24) is 4.90 Å². The van der Waals surface area contributed by atoms with E-state index in [2.05, 4.69) is 0 Å². The maximum Gasteiger partial charge on any atom is 0.144 e. The third-order valence-electron chi connectivity index (χ3n) is 2.58. The van der Waals surface area contributed by atoms with Crippen molar-refractivity contribution in [3.8, 4) is 0 Å². The summed E-state index contributed by atoms with van der Waals surface area (Å²) in [5.74, 6) is 0. The number of rotatable bonds is 9. The fourth-order valence-electron chi connectivity index (χ4n) is 1.53. The Kier molecular flexibility index (Phi) is 7.84. The van der Waals surface area contributed by atoms with Crippen molar-refractivity contribution >= 4 is 10.1 Å². The molecule has 0 aliphatic rings. The van der Waals surface area contributed by atoms with Crippen LogP contribution < -0.4 is 0 Å². The molecule has 3 N–H and O–H groups in total. The van der Waals surface area contributed by atoms with Crippen molar-refractivity contribution in [2.45, 2.75) is 31.2 Å². The predicted molar refractivity (Wildman–Crippen MR) is 60.1 cm³/mol. The smallest absolute Gasteiger partial charge is 0.144 e. The Morgan fingerprint density at radius 1 is 1.29 bits per heavy atom. The van der Waals surface area contributed by atoms with E-state index >= 15 is 0 Å². The van der Waals surface area contributed by atoms with Crippen molar-refractivity contribution < 1.29 is 28.3 Å². The molecule has 0 aromatic carbocycles. The third kappa shape index (κ3) is 6.29. The van der Waals surface area contributed by atoms with Gasteiger partial charge in [0.1, 0.15) is 15.6 Å². The molecule has 0 rings (SSSR count). The standard InChI is InChI=1S/C9H21NO6S/c1-2-8(7-12)10(5-6-11)4-3-9(13)17(14,15)16/h8-9,11-13H,2-7H2,1H3,(H,14,15,16)/p-1. The van der Waals surface area contributed by atoms with Gasteiger partial charge < -0.3 is 19.9 Å². The number of hydrogen-bond donors (Lipinski definition) is 3. The van der Waals surface area contributed by atoms with E-state index in [4.69, 9.17) is 15.3 Å². The summed E-state index contributed by atoms with van der Waals surface area (Å²) in [6.45, 7) is 1.95. The minimum atomic E-state index is -4.70. The summed E-state index contributed by atoms with van der Waals surface area (Å²) in [6.07, 6.45) is 0.388. The Balaban J connectivity index is 4.36. The lowest BCUT2D eigenvalue weighted by atomic mass is 10.2. The summed E-state index contributed by atoms with van der Waals surface area (Å²) in [5.41, 5.74) is -1.94. The highest BCUT2D eigenvalue weighted by molar-refractivity contribution is 7.86. The maximum atomic E-state index is 10.5. The Morgan fingerprint density at radius 3 is 2.24 bits per heavy atom. The van der Waals surface area contributed by atoms with Gasteiger partial charge in [-0.25, -0.2) is 8.42 Å². The zero-order valence-corrected chi connectivity index (χ0v) is 10.6. The van der Waals surface area contributed by atoms with Crippen LogP contribution in [0.15, 0.2) is 0 Å². The van der Waals surface area contributed by atoms with Crippen LogP contribution in [0.5, 0.6) is 0 Å². The fraction of sp³-hybridized carbons (Fsp3) is 1.00. The van der Waals surface area contributed by atoms with Gasteiger partial charge in [-0.1, -0.05) is 6.92 Å². The summed E-state index contributed by atoms with van der Waals surface area (Å²) < 4.78 is 31.5. The zero-order chi connectivity index (χ0) is 13.5. The van der Waals surface area contributed by atoms with Gasteiger partial charge in [0.2, 0.25) is 0 Å². The Morgan fingerprint density at radius 2 is 1.88 bits per heavy atom. The summed E-state index contributed by atoms with van der Waals surface area (Å²) >= 11 is 0. The van der Waals surface area contributed by atoms with Crippen LogP contribution in [-0.4, -0.2) is 71.0 Å². The second-order valence-electron chi connectivity index (χ2n) is 3.74. The molecule has 0 spiro atoms. The molecule has 0 heterocycles. The Bertz CT molecular complexity index is 290. The topological polar surface area (TPSA) is 121 Å². The van der Waals surface area contributed by atoms with Gasteiger partial charge in [0.05, 0.1) is 13.2 Å². The van der Waals surface area contributed by atoms with Gasteiger partial charge in [0, 0.05) is 19.1 Å². The SMILES string of the molecule is CCC(CO)N(CCO)CCC(O)S(=O)(=O)[O-]. The zero-order valence-electron chi connectivity index (χ0n) is 9.82. The molecule has 2 atom stereocenters. The number of nitrogens with zero attached hydrogens (tertiary/aromatic N) is 1.